The van der Waals surface area contributed by atoms with Crippen LogP contribution in [0.15, 0.2) is 24.3 Å². The van der Waals surface area contributed by atoms with Crippen molar-refractivity contribution in [2.75, 3.05) is 0 Å². The summed E-state index contributed by atoms with van der Waals surface area (Å²) in [4.78, 5) is 0. The summed E-state index contributed by atoms with van der Waals surface area (Å²) in [5.74, 6) is 0. The quantitative estimate of drug-likeness (QED) is 0.424. The molecule has 0 heterocycles. The van der Waals surface area contributed by atoms with Gasteiger partial charge in [-0.15, -0.1) is 13.0 Å². The van der Waals surface area contributed by atoms with Crippen LogP contribution in [0.5, 0.6) is 0 Å². The molecule has 0 aliphatic heterocycles. The van der Waals surface area contributed by atoms with E-state index in [1.54, 1.807) is 0 Å². The molecule has 1 rings (SSSR count). The van der Waals surface area contributed by atoms with Crippen molar-refractivity contribution in [3.63, 3.8) is 0 Å². The Morgan fingerprint density at radius 2 is 1.92 bits per heavy atom. The van der Waals surface area contributed by atoms with Gasteiger partial charge in [-0.2, -0.15) is 31.9 Å². The summed E-state index contributed by atoms with van der Waals surface area (Å²) in [6, 6.07) is 11.0. The molecule has 0 bridgehead atoms. The van der Waals surface area contributed by atoms with Gasteiger partial charge in [-0.3, -0.25) is 6.07 Å². The van der Waals surface area contributed by atoms with Gasteiger partial charge < -0.3 is 18.1 Å². The van der Waals surface area contributed by atoms with E-state index < -0.39 is 0 Å². The third-order valence-electron chi connectivity index (χ3n) is 1.04. The van der Waals surface area contributed by atoms with Crippen molar-refractivity contribution in [2.24, 2.45) is 0 Å². The molecule has 76 valence electrons. The second kappa shape index (κ2) is 14.5. The molecule has 1 aromatic rings. The minimum absolute atomic E-state index is 0. The number of halogens is 1. The fraction of sp³-hybridized carbons (Fsp3) is 0.125. The molecule has 12 heavy (non-hydrogen) atoms. The molecule has 0 saturated heterocycles. The maximum atomic E-state index is 4.00. The van der Waals surface area contributed by atoms with E-state index in [9.17, 15) is 0 Å². The van der Waals surface area contributed by atoms with Crippen LogP contribution >= 0.6 is 33.9 Å². The van der Waals surface area contributed by atoms with Crippen molar-refractivity contribution in [1.29, 1.82) is 0 Å². The first-order valence-electron chi connectivity index (χ1n) is 2.81. The van der Waals surface area contributed by atoms with Gasteiger partial charge in [0.05, 0.1) is 0 Å². The van der Waals surface area contributed by atoms with Crippen molar-refractivity contribution >= 4 is 33.9 Å². The Kier molecular flexibility index (Phi) is 22.5. The summed E-state index contributed by atoms with van der Waals surface area (Å²) in [7, 11) is 0. The van der Waals surface area contributed by atoms with E-state index in [0.717, 1.165) is 5.56 Å². The summed E-state index contributed by atoms with van der Waals surface area (Å²) >= 11 is 6.50. The van der Waals surface area contributed by atoms with E-state index in [1.165, 1.54) is 0 Å². The van der Waals surface area contributed by atoms with Crippen LogP contribution < -0.4 is 0 Å². The number of benzene rings is 1. The first kappa shape index (κ1) is 18.7. The van der Waals surface area contributed by atoms with Crippen molar-refractivity contribution in [3.8, 4) is 0 Å². The third kappa shape index (κ3) is 9.04. The van der Waals surface area contributed by atoms with Crippen LogP contribution in [0.1, 0.15) is 12.5 Å². The number of hydrogen-bond acceptors (Lipinski definition) is 0. The first-order chi connectivity index (χ1) is 4.93. The van der Waals surface area contributed by atoms with E-state index in [2.05, 4.69) is 34.4 Å². The zero-order valence-electron chi connectivity index (χ0n) is 6.98. The molecule has 0 aliphatic rings. The predicted octanol–water partition coefficient (Wildman–Crippen LogP) is 3.02. The topological polar surface area (TPSA) is 0 Å². The van der Waals surface area contributed by atoms with Gasteiger partial charge in [0.1, 0.15) is 0 Å². The number of rotatable bonds is 1. The van der Waals surface area contributed by atoms with Gasteiger partial charge in [-0.25, -0.2) is 0 Å². The van der Waals surface area contributed by atoms with Crippen molar-refractivity contribution in [1.82, 2.24) is 0 Å². The normalized spacial score (nSPS) is 6.33. The molecular formula is C8H14BrCuP2-2. The van der Waals surface area contributed by atoms with Crippen LogP contribution in [0.4, 0.5) is 0 Å². The van der Waals surface area contributed by atoms with E-state index in [1.807, 2.05) is 37.6 Å². The van der Waals surface area contributed by atoms with Crippen molar-refractivity contribution in [2.45, 2.75) is 6.92 Å². The molecule has 2 atom stereocenters. The molecule has 1 aromatic carbocycles. The van der Waals surface area contributed by atoms with Crippen molar-refractivity contribution < 1.29 is 14.2 Å². The zero-order valence-corrected chi connectivity index (χ0v) is 12.3. The Morgan fingerprint density at radius 3 is 2.17 bits per heavy atom. The second-order valence-corrected chi connectivity index (χ2v) is 1.61. The van der Waals surface area contributed by atoms with Gasteiger partial charge in [-0.05, 0) is 0 Å². The van der Waals surface area contributed by atoms with Crippen LogP contribution in [-0.2, 0) is 14.2 Å². The SMILES string of the molecule is C[CH-]c1[c-]cccc1.P.P.[Cu][Br]. The third-order valence-corrected chi connectivity index (χ3v) is 1.04. The average molecular weight is 316 g/mol. The predicted molar refractivity (Wildman–Crippen MR) is 65.5 cm³/mol. The summed E-state index contributed by atoms with van der Waals surface area (Å²) in [6.07, 6.45) is 2.03. The fourth-order valence-corrected chi connectivity index (χ4v) is 0.587. The molecule has 0 aromatic heterocycles. The zero-order chi connectivity index (χ0) is 7.82. The summed E-state index contributed by atoms with van der Waals surface area (Å²) in [5, 5.41) is 0. The van der Waals surface area contributed by atoms with Crippen LogP contribution in [0.2, 0.25) is 0 Å². The Hall–Kier alpha value is 0.949. The molecule has 0 amide bonds. The second-order valence-electron chi connectivity index (χ2n) is 1.61. The molecule has 0 fully saturated rings. The Morgan fingerprint density at radius 1 is 1.33 bits per heavy atom. The van der Waals surface area contributed by atoms with Gasteiger partial charge in [0.25, 0.3) is 0 Å². The maximum absolute atomic E-state index is 4.00. The Labute approximate surface area is 97.0 Å². The van der Waals surface area contributed by atoms with E-state index in [4.69, 9.17) is 0 Å². The van der Waals surface area contributed by atoms with E-state index in [-0.39, 0.29) is 19.8 Å². The molecule has 0 aliphatic carbocycles. The summed E-state index contributed by atoms with van der Waals surface area (Å²) in [6.45, 7) is 2.01. The van der Waals surface area contributed by atoms with Gasteiger partial charge in [0.2, 0.25) is 0 Å². The van der Waals surface area contributed by atoms with E-state index >= 15 is 0 Å². The molecule has 2 unspecified atom stereocenters. The van der Waals surface area contributed by atoms with Crippen molar-refractivity contribution in [3.05, 3.63) is 42.3 Å². The Balaban J connectivity index is -0.000000189. The minimum atomic E-state index is 0. The molecule has 0 N–H and O–H groups in total. The van der Waals surface area contributed by atoms with E-state index in [0.29, 0.717) is 0 Å². The standard InChI is InChI=1S/C8H8.BrH.Cu.2H3P/c1-2-8-6-4-3-5-7-8;;;;/h2-6H,1H3;1H;;2*1H3/q-2;;+1;;/p-1. The summed E-state index contributed by atoms with van der Waals surface area (Å²) < 4.78 is 0. The summed E-state index contributed by atoms with van der Waals surface area (Å²) in [5.41, 5.74) is 1.16. The molecular weight excluding hydrogens is 301 g/mol. The number of hydrogen-bond donors (Lipinski definition) is 0. The fourth-order valence-electron chi connectivity index (χ4n) is 0.587. The van der Waals surface area contributed by atoms with Gasteiger partial charge in [0.15, 0.2) is 0 Å². The van der Waals surface area contributed by atoms with Crippen LogP contribution in [-0.4, -0.2) is 0 Å². The first-order valence-corrected chi connectivity index (χ1v) is 5.13. The molecule has 0 spiro atoms. The van der Waals surface area contributed by atoms with Crippen LogP contribution in [0, 0.1) is 12.5 Å². The molecule has 4 heteroatoms. The van der Waals surface area contributed by atoms with Gasteiger partial charge in [0, 0.05) is 0 Å². The molecule has 0 radical (unpaired) electrons. The van der Waals surface area contributed by atoms with Gasteiger partial charge >= 0.3 is 28.3 Å². The molecule has 0 nitrogen and oxygen atoms in total. The Bertz CT molecular complexity index is 158. The van der Waals surface area contributed by atoms with Crippen LogP contribution in [0.3, 0.4) is 0 Å². The molecule has 0 saturated carbocycles. The van der Waals surface area contributed by atoms with Crippen LogP contribution in [0.25, 0.3) is 0 Å². The monoisotopic (exact) mass is 314 g/mol. The van der Waals surface area contributed by atoms with Gasteiger partial charge in [-0.1, -0.05) is 0 Å². The average Bonchev–Trinajstić information content (AvgIpc) is 2.10.